The Morgan fingerprint density at radius 2 is 2.32 bits per heavy atom. The fraction of sp³-hybridized carbons (Fsp3) is 0.600. The average molecular weight is 264 g/mol. The Hall–Kier alpha value is -1.26. The van der Waals surface area contributed by atoms with E-state index in [1.54, 1.807) is 0 Å². The molecule has 0 aromatic heterocycles. The van der Waals surface area contributed by atoms with Crippen molar-refractivity contribution >= 4 is 0 Å². The van der Waals surface area contributed by atoms with Crippen LogP contribution in [0.5, 0.6) is 11.5 Å². The van der Waals surface area contributed by atoms with Crippen LogP contribution in [-0.2, 0) is 4.74 Å². The van der Waals surface area contributed by atoms with Crippen molar-refractivity contribution in [2.24, 2.45) is 0 Å². The molecule has 2 aliphatic heterocycles. The molecule has 0 radical (unpaired) electrons. The van der Waals surface area contributed by atoms with Crippen molar-refractivity contribution in [2.45, 2.75) is 37.9 Å². The predicted octanol–water partition coefficient (Wildman–Crippen LogP) is 2.45. The monoisotopic (exact) mass is 264 g/mol. The zero-order valence-corrected chi connectivity index (χ0v) is 11.0. The molecule has 0 amide bonds. The first-order chi connectivity index (χ1) is 9.33. The second-order valence-electron chi connectivity index (χ2n) is 5.15. The second kappa shape index (κ2) is 5.80. The molecule has 1 aromatic rings. The minimum atomic E-state index is -0.497. The molecule has 1 fully saturated rings. The lowest BCUT2D eigenvalue weighted by Gasteiger charge is -2.10. The van der Waals surface area contributed by atoms with Gasteiger partial charge in [-0.05, 0) is 37.8 Å². The number of fused-ring (bicyclic) bond motifs is 1. The molecule has 2 unspecified atom stereocenters. The zero-order chi connectivity index (χ0) is 13.1. The van der Waals surface area contributed by atoms with Gasteiger partial charge in [-0.3, -0.25) is 0 Å². The Bertz CT molecular complexity index is 426. The van der Waals surface area contributed by atoms with Gasteiger partial charge in [0.05, 0.1) is 12.7 Å². The summed E-state index contributed by atoms with van der Waals surface area (Å²) in [5.74, 6) is 1.55. The van der Waals surface area contributed by atoms with E-state index in [0.29, 0.717) is 19.3 Å². The first-order valence-electron chi connectivity index (χ1n) is 7.02. The molecule has 2 heterocycles. The van der Waals surface area contributed by atoms with E-state index < -0.39 is 6.10 Å². The molecule has 0 spiro atoms. The van der Waals surface area contributed by atoms with Crippen molar-refractivity contribution in [3.05, 3.63) is 23.8 Å². The van der Waals surface area contributed by atoms with Crippen LogP contribution in [0.15, 0.2) is 18.2 Å². The topological polar surface area (TPSA) is 47.9 Å². The van der Waals surface area contributed by atoms with Gasteiger partial charge in [0.2, 0.25) is 0 Å². The summed E-state index contributed by atoms with van der Waals surface area (Å²) < 4.78 is 16.7. The van der Waals surface area contributed by atoms with Crippen LogP contribution in [-0.4, -0.2) is 31.0 Å². The summed E-state index contributed by atoms with van der Waals surface area (Å²) in [6, 6.07) is 5.63. The van der Waals surface area contributed by atoms with Gasteiger partial charge in [0.15, 0.2) is 0 Å². The van der Waals surface area contributed by atoms with E-state index in [2.05, 4.69) is 0 Å². The molecule has 0 saturated carbocycles. The number of hydrogen-bond donors (Lipinski definition) is 1. The van der Waals surface area contributed by atoms with E-state index in [1.807, 2.05) is 18.2 Å². The maximum Gasteiger partial charge on any atom is 0.129 e. The summed E-state index contributed by atoms with van der Waals surface area (Å²) in [5.41, 5.74) is 0.853. The van der Waals surface area contributed by atoms with Gasteiger partial charge in [-0.25, -0.2) is 0 Å². The Morgan fingerprint density at radius 3 is 3.16 bits per heavy atom. The Kier molecular flexibility index (Phi) is 3.89. The average Bonchev–Trinajstić information content (AvgIpc) is 3.05. The fourth-order valence-corrected chi connectivity index (χ4v) is 2.64. The Labute approximate surface area is 113 Å². The van der Waals surface area contributed by atoms with Crippen LogP contribution in [0.1, 0.15) is 37.4 Å². The summed E-state index contributed by atoms with van der Waals surface area (Å²) in [7, 11) is 0. The summed E-state index contributed by atoms with van der Waals surface area (Å²) in [6.45, 7) is 1.95. The van der Waals surface area contributed by atoms with Gasteiger partial charge in [-0.2, -0.15) is 0 Å². The van der Waals surface area contributed by atoms with E-state index >= 15 is 0 Å². The van der Waals surface area contributed by atoms with Crippen LogP contribution in [0.4, 0.5) is 0 Å². The third-order valence-electron chi connectivity index (χ3n) is 3.70. The van der Waals surface area contributed by atoms with Crippen LogP contribution in [0.2, 0.25) is 0 Å². The number of ether oxygens (including phenoxy) is 3. The van der Waals surface area contributed by atoms with Gasteiger partial charge < -0.3 is 19.3 Å². The first-order valence-corrected chi connectivity index (χ1v) is 7.02. The maximum absolute atomic E-state index is 9.63. The molecule has 4 nitrogen and oxygen atoms in total. The molecule has 0 bridgehead atoms. The van der Waals surface area contributed by atoms with E-state index in [0.717, 1.165) is 36.5 Å². The highest BCUT2D eigenvalue weighted by Crippen LogP contribution is 2.35. The standard InChI is InChI=1S/C15H20O4/c16-14-10-19-15-9-12(5-6-13(14)15)18-8-2-4-11-3-1-7-17-11/h5-6,9,11,14,16H,1-4,7-8,10H2. The minimum absolute atomic E-state index is 0.345. The normalized spacial score (nSPS) is 25.1. The van der Waals surface area contributed by atoms with Crippen LogP contribution in [0, 0.1) is 0 Å². The highest BCUT2D eigenvalue weighted by molar-refractivity contribution is 5.44. The maximum atomic E-state index is 9.63. The van der Waals surface area contributed by atoms with Gasteiger partial charge in [-0.1, -0.05) is 0 Å². The Morgan fingerprint density at radius 1 is 1.37 bits per heavy atom. The van der Waals surface area contributed by atoms with Gasteiger partial charge >= 0.3 is 0 Å². The summed E-state index contributed by atoms with van der Waals surface area (Å²) in [4.78, 5) is 0. The molecule has 104 valence electrons. The molecule has 1 saturated heterocycles. The molecule has 2 aliphatic rings. The highest BCUT2D eigenvalue weighted by atomic mass is 16.5. The third kappa shape index (κ3) is 3.01. The van der Waals surface area contributed by atoms with Crippen molar-refractivity contribution in [2.75, 3.05) is 19.8 Å². The van der Waals surface area contributed by atoms with Gasteiger partial charge in [-0.15, -0.1) is 0 Å². The highest BCUT2D eigenvalue weighted by Gasteiger charge is 2.22. The van der Waals surface area contributed by atoms with Gasteiger partial charge in [0.25, 0.3) is 0 Å². The molecule has 0 aliphatic carbocycles. The van der Waals surface area contributed by atoms with E-state index in [4.69, 9.17) is 14.2 Å². The van der Waals surface area contributed by atoms with Gasteiger partial charge in [0, 0.05) is 18.2 Å². The summed E-state index contributed by atoms with van der Waals surface area (Å²) in [6.07, 6.45) is 4.39. The first kappa shape index (κ1) is 12.8. The molecule has 3 rings (SSSR count). The molecule has 19 heavy (non-hydrogen) atoms. The van der Waals surface area contributed by atoms with Crippen molar-refractivity contribution in [1.82, 2.24) is 0 Å². The fourth-order valence-electron chi connectivity index (χ4n) is 2.64. The van der Waals surface area contributed by atoms with E-state index in [1.165, 1.54) is 12.8 Å². The van der Waals surface area contributed by atoms with E-state index in [9.17, 15) is 5.11 Å². The number of aliphatic hydroxyl groups is 1. The molecule has 1 aromatic carbocycles. The lowest BCUT2D eigenvalue weighted by molar-refractivity contribution is 0.0981. The number of aliphatic hydroxyl groups excluding tert-OH is 1. The quantitative estimate of drug-likeness (QED) is 0.830. The largest absolute Gasteiger partial charge is 0.493 e. The van der Waals surface area contributed by atoms with Crippen LogP contribution < -0.4 is 9.47 Å². The van der Waals surface area contributed by atoms with E-state index in [-0.39, 0.29) is 0 Å². The van der Waals surface area contributed by atoms with Crippen molar-refractivity contribution in [1.29, 1.82) is 0 Å². The number of rotatable bonds is 5. The molecule has 1 N–H and O–H groups in total. The SMILES string of the molecule is OC1COc2cc(OCCCC3CCCO3)ccc21. The molecular weight excluding hydrogens is 244 g/mol. The number of hydrogen-bond acceptors (Lipinski definition) is 4. The molecule has 2 atom stereocenters. The molecular formula is C15H20O4. The predicted molar refractivity (Wildman–Crippen MR) is 70.6 cm³/mol. The van der Waals surface area contributed by atoms with Crippen LogP contribution >= 0.6 is 0 Å². The minimum Gasteiger partial charge on any atom is -0.493 e. The Balaban J connectivity index is 1.45. The lowest BCUT2D eigenvalue weighted by Crippen LogP contribution is -2.07. The zero-order valence-electron chi connectivity index (χ0n) is 11.0. The summed E-state index contributed by atoms with van der Waals surface area (Å²) >= 11 is 0. The van der Waals surface area contributed by atoms with Crippen LogP contribution in [0.25, 0.3) is 0 Å². The van der Waals surface area contributed by atoms with Crippen molar-refractivity contribution in [3.8, 4) is 11.5 Å². The van der Waals surface area contributed by atoms with Gasteiger partial charge in [0.1, 0.15) is 24.2 Å². The third-order valence-corrected chi connectivity index (χ3v) is 3.70. The van der Waals surface area contributed by atoms with Crippen LogP contribution in [0.3, 0.4) is 0 Å². The second-order valence-corrected chi connectivity index (χ2v) is 5.15. The smallest absolute Gasteiger partial charge is 0.129 e. The van der Waals surface area contributed by atoms with Crippen molar-refractivity contribution < 1.29 is 19.3 Å². The van der Waals surface area contributed by atoms with Crippen molar-refractivity contribution in [3.63, 3.8) is 0 Å². The number of benzene rings is 1. The summed E-state index contributed by atoms with van der Waals surface area (Å²) in [5, 5.41) is 9.63. The lowest BCUT2D eigenvalue weighted by atomic mass is 10.1. The molecule has 4 heteroatoms.